The maximum absolute atomic E-state index is 17.3. The van der Waals surface area contributed by atoms with Crippen LogP contribution in [-0.2, 0) is 11.2 Å². The van der Waals surface area contributed by atoms with Crippen molar-refractivity contribution in [2.45, 2.75) is 121 Å². The number of fused-ring (bicyclic) bond motifs is 6. The fourth-order valence-corrected chi connectivity index (χ4v) is 11.8. The molecule has 0 spiro atoms. The van der Waals surface area contributed by atoms with E-state index in [1.165, 1.54) is 37.8 Å². The van der Waals surface area contributed by atoms with Crippen LogP contribution >= 0.6 is 23.2 Å². The number of carbonyl (C=O) groups is 1. The summed E-state index contributed by atoms with van der Waals surface area (Å²) >= 11 is 13.3. The number of pyridine rings is 1. The molecular weight excluding hydrogens is 694 g/mol. The number of allylic oxidation sites excluding steroid dienone is 4. The lowest BCUT2D eigenvalue weighted by Gasteiger charge is -2.40. The molecule has 8 aliphatic rings. The first kappa shape index (κ1) is 33.6. The first-order valence-electron chi connectivity index (χ1n) is 19.9. The number of aryl methyl sites for hydroxylation is 2. The van der Waals surface area contributed by atoms with Crippen molar-refractivity contribution in [3.63, 3.8) is 0 Å². The number of hydrogen-bond acceptors (Lipinski definition) is 5. The van der Waals surface area contributed by atoms with Gasteiger partial charge in [-0.05, 0) is 99.8 Å². The van der Waals surface area contributed by atoms with Crippen LogP contribution in [0, 0.1) is 41.8 Å². The van der Waals surface area contributed by atoms with Crippen LogP contribution in [0.15, 0.2) is 28.3 Å². The van der Waals surface area contributed by atoms with Gasteiger partial charge >= 0.3 is 0 Å². The maximum atomic E-state index is 17.3. The second-order valence-electron chi connectivity index (χ2n) is 16.9. The zero-order valence-electron chi connectivity index (χ0n) is 29.9. The molecular formula is C42H47Cl2FN6O. The van der Waals surface area contributed by atoms with Gasteiger partial charge in [-0.15, -0.1) is 0 Å². The summed E-state index contributed by atoms with van der Waals surface area (Å²) in [5.41, 5.74) is 5.27. The van der Waals surface area contributed by atoms with Crippen LogP contribution in [0.5, 0.6) is 0 Å². The molecule has 7 nitrogen and oxygen atoms in total. The Labute approximate surface area is 315 Å². The Kier molecular flexibility index (Phi) is 8.29. The lowest BCUT2D eigenvalue weighted by molar-refractivity contribution is -0.136. The van der Waals surface area contributed by atoms with Crippen LogP contribution in [-0.4, -0.2) is 63.0 Å². The van der Waals surface area contributed by atoms with Gasteiger partial charge in [-0.3, -0.25) is 9.69 Å². The van der Waals surface area contributed by atoms with Crippen molar-refractivity contribution in [2.75, 3.05) is 19.6 Å². The summed E-state index contributed by atoms with van der Waals surface area (Å²) in [5, 5.41) is 16.1. The molecule has 4 bridgehead atoms. The molecule has 10 heteroatoms. The number of nitrogens with zero attached hydrogens (tertiary/aromatic N) is 5. The van der Waals surface area contributed by atoms with Gasteiger partial charge in [0.1, 0.15) is 5.52 Å². The number of carbonyl (C=O) groups excluding carboxylic acids is 1. The SMILES string of the molecule is Cc1nc2c(F)c(C3=C(Cl)C(Cl)=CCC3)c(CCC#N)cc2c2c1cc([C@H]1[C@H]3C[C@H](CN(C4CCCCC4)C3)N1C(=O)C1CC1)n2[C@H]1[C@H]2CN[C@@H]1C2. The summed E-state index contributed by atoms with van der Waals surface area (Å²) in [7, 11) is 0. The Balaban J connectivity index is 1.19. The zero-order valence-corrected chi connectivity index (χ0v) is 31.5. The average molecular weight is 742 g/mol. The summed E-state index contributed by atoms with van der Waals surface area (Å²) in [6, 6.07) is 8.13. The summed E-state index contributed by atoms with van der Waals surface area (Å²) in [6.07, 6.45) is 14.4. The third-order valence-corrected chi connectivity index (χ3v) is 14.8. The predicted molar refractivity (Wildman–Crippen MR) is 203 cm³/mol. The fourth-order valence-electron chi connectivity index (χ4n) is 11.3. The normalized spacial score (nSPS) is 30.7. The van der Waals surface area contributed by atoms with Crippen molar-refractivity contribution in [1.82, 2.24) is 24.7 Å². The van der Waals surface area contributed by atoms with Crippen molar-refractivity contribution < 1.29 is 9.18 Å². The van der Waals surface area contributed by atoms with Gasteiger partial charge in [-0.1, -0.05) is 48.5 Å². The first-order valence-corrected chi connectivity index (χ1v) is 20.7. The Bertz CT molecular complexity index is 2090. The highest BCUT2D eigenvalue weighted by Gasteiger charge is 2.55. The average Bonchev–Trinajstić information content (AvgIpc) is 3.43. The molecule has 6 heterocycles. The number of piperidine rings is 1. The quantitative estimate of drug-likeness (QED) is 0.262. The number of halogens is 3. The molecule has 272 valence electrons. The van der Waals surface area contributed by atoms with Gasteiger partial charge in [0, 0.05) is 77.8 Å². The Morgan fingerprint density at radius 1 is 1.06 bits per heavy atom. The van der Waals surface area contributed by atoms with Crippen LogP contribution in [0.2, 0.25) is 0 Å². The van der Waals surface area contributed by atoms with Gasteiger partial charge in [0.15, 0.2) is 5.82 Å². The number of nitriles is 1. The van der Waals surface area contributed by atoms with E-state index in [-0.39, 0.29) is 36.3 Å². The molecule has 3 saturated carbocycles. The van der Waals surface area contributed by atoms with Gasteiger partial charge in [-0.2, -0.15) is 5.26 Å². The Morgan fingerprint density at radius 2 is 1.88 bits per heavy atom. The van der Waals surface area contributed by atoms with E-state index in [1.807, 2.05) is 13.0 Å². The van der Waals surface area contributed by atoms with Crippen LogP contribution < -0.4 is 5.32 Å². The summed E-state index contributed by atoms with van der Waals surface area (Å²) in [5.74, 6) is 0.938. The maximum Gasteiger partial charge on any atom is 0.226 e. The number of nitrogens with one attached hydrogen (secondary N) is 1. The highest BCUT2D eigenvalue weighted by Crippen LogP contribution is 2.54. The molecule has 1 aromatic carbocycles. The van der Waals surface area contributed by atoms with Gasteiger partial charge < -0.3 is 14.8 Å². The molecule has 4 saturated heterocycles. The number of benzene rings is 1. The van der Waals surface area contributed by atoms with E-state index in [0.29, 0.717) is 75.8 Å². The van der Waals surface area contributed by atoms with E-state index in [2.05, 4.69) is 37.9 Å². The highest BCUT2D eigenvalue weighted by atomic mass is 35.5. The minimum Gasteiger partial charge on any atom is -0.337 e. The lowest BCUT2D eigenvalue weighted by Crippen LogP contribution is -2.48. The van der Waals surface area contributed by atoms with E-state index >= 15 is 4.39 Å². The monoisotopic (exact) mass is 740 g/mol. The van der Waals surface area contributed by atoms with Crippen molar-refractivity contribution in [3.8, 4) is 6.07 Å². The molecule has 52 heavy (non-hydrogen) atoms. The third kappa shape index (κ3) is 5.16. The molecule has 7 fully saturated rings. The van der Waals surface area contributed by atoms with E-state index in [9.17, 15) is 10.1 Å². The molecule has 11 rings (SSSR count). The van der Waals surface area contributed by atoms with E-state index in [1.54, 1.807) is 0 Å². The molecule has 4 aliphatic carbocycles. The van der Waals surface area contributed by atoms with Crippen molar-refractivity contribution in [1.29, 1.82) is 5.26 Å². The lowest BCUT2D eigenvalue weighted by atomic mass is 9.79. The Hall–Kier alpha value is -2.96. The van der Waals surface area contributed by atoms with Crippen LogP contribution in [0.1, 0.15) is 112 Å². The van der Waals surface area contributed by atoms with Crippen molar-refractivity contribution in [2.24, 2.45) is 17.8 Å². The molecule has 3 aromatic rings. The number of amides is 1. The number of rotatable bonds is 7. The molecule has 6 atom stereocenters. The summed E-state index contributed by atoms with van der Waals surface area (Å²) in [6.45, 7) is 4.98. The Morgan fingerprint density at radius 3 is 2.62 bits per heavy atom. The molecule has 4 aliphatic heterocycles. The molecule has 0 radical (unpaired) electrons. The summed E-state index contributed by atoms with van der Waals surface area (Å²) in [4.78, 5) is 24.5. The highest BCUT2D eigenvalue weighted by molar-refractivity contribution is 6.46. The molecule has 1 amide bonds. The topological polar surface area (TPSA) is 77.2 Å². The van der Waals surface area contributed by atoms with E-state index in [4.69, 9.17) is 28.2 Å². The van der Waals surface area contributed by atoms with Crippen LogP contribution in [0.3, 0.4) is 0 Å². The second kappa shape index (κ2) is 12.8. The number of likely N-dealkylation sites (tertiary alicyclic amines) is 2. The summed E-state index contributed by atoms with van der Waals surface area (Å²) < 4.78 is 19.9. The minimum atomic E-state index is -0.385. The third-order valence-electron chi connectivity index (χ3n) is 13.9. The smallest absolute Gasteiger partial charge is 0.226 e. The van der Waals surface area contributed by atoms with Crippen LogP contribution in [0.4, 0.5) is 4.39 Å². The zero-order chi connectivity index (χ0) is 35.4. The number of hydrogen-bond donors (Lipinski definition) is 1. The standard InChI is InChI=1S/C42H47Cl2FN6O/c1-22-30-18-34(40-26-15-28(50(40)42(52)23-12-13-23)21-49(20-26)27-8-3-2-4-9-27)51(39-25-17-33(39)47-19-25)41(30)31-16-24(7-6-14-46)35(37(45)38(31)48-22)29-10-5-11-32(43)36(29)44/h11,16,18,23,25-28,33,39-40,47H,2-10,12-13,15,17,19-21H2,1H3/t25-,26+,28-,33-,39+,40-/m1/s1. The van der Waals surface area contributed by atoms with Crippen LogP contribution in [0.25, 0.3) is 27.4 Å². The first-order chi connectivity index (χ1) is 25.3. The van der Waals surface area contributed by atoms with Crippen molar-refractivity contribution in [3.05, 3.63) is 56.6 Å². The molecule has 0 unspecified atom stereocenters. The van der Waals surface area contributed by atoms with Gasteiger partial charge in [-0.25, -0.2) is 9.37 Å². The largest absolute Gasteiger partial charge is 0.337 e. The molecule has 1 N–H and O–H groups in total. The number of aromatic nitrogens is 2. The van der Waals surface area contributed by atoms with Gasteiger partial charge in [0.2, 0.25) is 5.91 Å². The van der Waals surface area contributed by atoms with E-state index in [0.717, 1.165) is 72.9 Å². The van der Waals surface area contributed by atoms with Gasteiger partial charge in [0.25, 0.3) is 0 Å². The second-order valence-corrected chi connectivity index (χ2v) is 17.7. The minimum absolute atomic E-state index is 0.0177. The van der Waals surface area contributed by atoms with E-state index < -0.39 is 0 Å². The molecule has 2 aromatic heterocycles. The van der Waals surface area contributed by atoms with Gasteiger partial charge in [0.05, 0.1) is 33.7 Å². The predicted octanol–water partition coefficient (Wildman–Crippen LogP) is 8.81. The fraction of sp³-hybridized carbons (Fsp3) is 0.595. The van der Waals surface area contributed by atoms with Crippen molar-refractivity contribution >= 4 is 56.5 Å².